The van der Waals surface area contributed by atoms with Gasteiger partial charge >= 0.3 is 5.97 Å². The highest BCUT2D eigenvalue weighted by atomic mass is 79.9. The molecule has 0 saturated heterocycles. The number of aryl methyl sites for hydroxylation is 2. The van der Waals surface area contributed by atoms with Gasteiger partial charge in [0.25, 0.3) is 0 Å². The number of thioether (sulfide) groups is 1. The van der Waals surface area contributed by atoms with Crippen molar-refractivity contribution in [1.82, 2.24) is 9.78 Å². The number of halogens is 1. The van der Waals surface area contributed by atoms with Crippen molar-refractivity contribution in [1.29, 1.82) is 0 Å². The number of hydrogen-bond acceptors (Lipinski definition) is 4. The van der Waals surface area contributed by atoms with Crippen molar-refractivity contribution in [2.75, 3.05) is 12.9 Å². The average molecular weight is 307 g/mol. The summed E-state index contributed by atoms with van der Waals surface area (Å²) >= 11 is 5.21. The molecule has 4 nitrogen and oxygen atoms in total. The van der Waals surface area contributed by atoms with Crippen molar-refractivity contribution in [2.24, 2.45) is 7.05 Å². The van der Waals surface area contributed by atoms with E-state index in [0.29, 0.717) is 6.42 Å². The zero-order valence-electron chi connectivity index (χ0n) is 9.62. The van der Waals surface area contributed by atoms with Gasteiger partial charge in [-0.25, -0.2) is 0 Å². The molecule has 0 radical (unpaired) electrons. The van der Waals surface area contributed by atoms with Gasteiger partial charge in [-0.1, -0.05) is 0 Å². The third-order valence-corrected chi connectivity index (χ3v) is 4.18. The van der Waals surface area contributed by atoms with Gasteiger partial charge < -0.3 is 4.74 Å². The number of ether oxygens (including phenoxy) is 1. The molecule has 0 spiro atoms. The number of esters is 1. The maximum atomic E-state index is 10.9. The van der Waals surface area contributed by atoms with Crippen molar-refractivity contribution in [3.63, 3.8) is 0 Å². The third-order valence-electron chi connectivity index (χ3n) is 2.18. The topological polar surface area (TPSA) is 44.1 Å². The molecule has 0 atom stereocenters. The first kappa shape index (κ1) is 13.6. The van der Waals surface area contributed by atoms with E-state index in [-0.39, 0.29) is 5.97 Å². The van der Waals surface area contributed by atoms with E-state index in [1.807, 2.05) is 18.7 Å². The summed E-state index contributed by atoms with van der Waals surface area (Å²) in [6, 6.07) is 0. The van der Waals surface area contributed by atoms with E-state index in [9.17, 15) is 4.79 Å². The summed E-state index contributed by atoms with van der Waals surface area (Å²) < 4.78 is 7.50. The molecule has 1 aromatic rings. The van der Waals surface area contributed by atoms with Gasteiger partial charge in [0, 0.05) is 18.6 Å². The summed E-state index contributed by atoms with van der Waals surface area (Å²) in [6.07, 6.45) is 0.454. The van der Waals surface area contributed by atoms with Crippen LogP contribution in [-0.2, 0) is 22.3 Å². The summed E-state index contributed by atoms with van der Waals surface area (Å²) in [5.41, 5.74) is 2.14. The van der Waals surface area contributed by atoms with Gasteiger partial charge in [0.15, 0.2) is 0 Å². The maximum Gasteiger partial charge on any atom is 0.306 e. The normalized spacial score (nSPS) is 10.5. The predicted octanol–water partition coefficient (Wildman–Crippen LogP) is 2.29. The first-order valence-electron chi connectivity index (χ1n) is 4.88. The largest absolute Gasteiger partial charge is 0.469 e. The van der Waals surface area contributed by atoms with Crippen LogP contribution in [0.1, 0.15) is 17.8 Å². The fraction of sp³-hybridized carbons (Fsp3) is 0.600. The zero-order chi connectivity index (χ0) is 12.1. The Labute approximate surface area is 108 Å². The molecule has 16 heavy (non-hydrogen) atoms. The minimum Gasteiger partial charge on any atom is -0.469 e. The number of nitrogens with zero attached hydrogens (tertiary/aromatic N) is 2. The number of hydrogen-bond donors (Lipinski definition) is 0. The monoisotopic (exact) mass is 306 g/mol. The van der Waals surface area contributed by atoms with Crippen LogP contribution in [0.15, 0.2) is 4.47 Å². The fourth-order valence-electron chi connectivity index (χ4n) is 1.26. The lowest BCUT2D eigenvalue weighted by atomic mass is 10.4. The van der Waals surface area contributed by atoms with Crippen molar-refractivity contribution in [3.8, 4) is 0 Å². The Kier molecular flexibility index (Phi) is 5.34. The summed E-state index contributed by atoms with van der Waals surface area (Å²) in [4.78, 5) is 10.9. The van der Waals surface area contributed by atoms with E-state index in [1.165, 1.54) is 7.11 Å². The van der Waals surface area contributed by atoms with E-state index in [2.05, 4.69) is 25.8 Å². The van der Waals surface area contributed by atoms with E-state index in [4.69, 9.17) is 0 Å². The molecule has 0 bridgehead atoms. The number of aromatic nitrogens is 2. The molecule has 6 heteroatoms. The second kappa shape index (κ2) is 6.30. The molecule has 1 heterocycles. The van der Waals surface area contributed by atoms with Gasteiger partial charge in [-0.15, -0.1) is 0 Å². The Bertz CT molecular complexity index is 379. The maximum absolute atomic E-state index is 10.9. The molecular weight excluding hydrogens is 292 g/mol. The first-order valence-corrected chi connectivity index (χ1v) is 6.83. The summed E-state index contributed by atoms with van der Waals surface area (Å²) in [7, 11) is 3.34. The molecule has 0 aliphatic rings. The molecule has 90 valence electrons. The second-order valence-electron chi connectivity index (χ2n) is 3.35. The number of rotatable bonds is 5. The van der Waals surface area contributed by atoms with E-state index in [1.54, 1.807) is 11.8 Å². The Balaban J connectivity index is 2.40. The van der Waals surface area contributed by atoms with Crippen molar-refractivity contribution in [2.45, 2.75) is 19.1 Å². The average Bonchev–Trinajstić information content (AvgIpc) is 2.49. The molecule has 0 unspecified atom stereocenters. The Morgan fingerprint density at radius 2 is 2.31 bits per heavy atom. The van der Waals surface area contributed by atoms with Crippen LogP contribution < -0.4 is 0 Å². The fourth-order valence-corrected chi connectivity index (χ4v) is 2.90. The molecule has 1 rings (SSSR count). The summed E-state index contributed by atoms with van der Waals surface area (Å²) in [5, 5.41) is 4.31. The van der Waals surface area contributed by atoms with Crippen LogP contribution in [0.5, 0.6) is 0 Å². The van der Waals surface area contributed by atoms with Crippen LogP contribution in [0.3, 0.4) is 0 Å². The first-order chi connectivity index (χ1) is 7.56. The van der Waals surface area contributed by atoms with Crippen molar-refractivity contribution >= 4 is 33.7 Å². The highest BCUT2D eigenvalue weighted by Gasteiger charge is 2.10. The SMILES string of the molecule is COC(=O)CCSCc1c(Br)c(C)nn1C. The Morgan fingerprint density at radius 3 is 2.81 bits per heavy atom. The van der Waals surface area contributed by atoms with Crippen molar-refractivity contribution < 1.29 is 9.53 Å². The number of methoxy groups -OCH3 is 1. The minimum absolute atomic E-state index is 0.159. The smallest absolute Gasteiger partial charge is 0.306 e. The molecule has 0 aromatic carbocycles. The Morgan fingerprint density at radius 1 is 1.62 bits per heavy atom. The zero-order valence-corrected chi connectivity index (χ0v) is 12.0. The van der Waals surface area contributed by atoms with Gasteiger partial charge in [-0.2, -0.15) is 16.9 Å². The highest BCUT2D eigenvalue weighted by molar-refractivity contribution is 9.10. The molecular formula is C10H15BrN2O2S. The number of carbonyl (C=O) groups is 1. The highest BCUT2D eigenvalue weighted by Crippen LogP contribution is 2.24. The van der Waals surface area contributed by atoms with Crippen LogP contribution in [0.4, 0.5) is 0 Å². The van der Waals surface area contributed by atoms with Gasteiger partial charge in [-0.05, 0) is 22.9 Å². The van der Waals surface area contributed by atoms with Crippen LogP contribution in [0.2, 0.25) is 0 Å². The van der Waals surface area contributed by atoms with Crippen LogP contribution in [0.25, 0.3) is 0 Å². The lowest BCUT2D eigenvalue weighted by Gasteiger charge is -2.02. The van der Waals surface area contributed by atoms with Gasteiger partial charge in [0.1, 0.15) is 0 Å². The van der Waals surface area contributed by atoms with E-state index < -0.39 is 0 Å². The van der Waals surface area contributed by atoms with E-state index in [0.717, 1.165) is 27.4 Å². The van der Waals surface area contributed by atoms with Gasteiger partial charge in [0.05, 0.1) is 29.4 Å². The van der Waals surface area contributed by atoms with Gasteiger partial charge in [-0.3, -0.25) is 9.48 Å². The molecule has 1 aromatic heterocycles. The standard InChI is InChI=1S/C10H15BrN2O2S/c1-7-10(11)8(13(2)12-7)6-16-5-4-9(14)15-3/h4-6H2,1-3H3. The van der Waals surface area contributed by atoms with Crippen LogP contribution in [-0.4, -0.2) is 28.6 Å². The van der Waals surface area contributed by atoms with E-state index >= 15 is 0 Å². The molecule has 0 aliphatic carbocycles. The lowest BCUT2D eigenvalue weighted by Crippen LogP contribution is -2.02. The molecule has 0 amide bonds. The predicted molar refractivity (Wildman–Crippen MR) is 68.4 cm³/mol. The summed E-state index contributed by atoms with van der Waals surface area (Å²) in [5.74, 6) is 1.45. The lowest BCUT2D eigenvalue weighted by molar-refractivity contribution is -0.140. The van der Waals surface area contributed by atoms with Crippen LogP contribution in [0, 0.1) is 6.92 Å². The minimum atomic E-state index is -0.159. The van der Waals surface area contributed by atoms with Gasteiger partial charge in [0.2, 0.25) is 0 Å². The molecule has 0 N–H and O–H groups in total. The van der Waals surface area contributed by atoms with Crippen molar-refractivity contribution in [3.05, 3.63) is 15.9 Å². The second-order valence-corrected chi connectivity index (χ2v) is 5.25. The molecule has 0 aliphatic heterocycles. The quantitative estimate of drug-likeness (QED) is 0.618. The summed E-state index contributed by atoms with van der Waals surface area (Å²) in [6.45, 7) is 1.96. The molecule has 0 saturated carbocycles. The molecule has 0 fully saturated rings. The number of carbonyl (C=O) groups excluding carboxylic acids is 1. The van der Waals surface area contributed by atoms with Crippen LogP contribution >= 0.6 is 27.7 Å². The third kappa shape index (κ3) is 3.52. The Hall–Kier alpha value is -0.490.